The molecule has 2 atom stereocenters. The Kier molecular flexibility index (Phi) is 5.29. The lowest BCUT2D eigenvalue weighted by molar-refractivity contribution is -0.300. The number of benzene rings is 1. The maximum Gasteiger partial charge on any atom is 0.163 e. The van der Waals surface area contributed by atoms with E-state index in [4.69, 9.17) is 14.2 Å². The molecule has 0 radical (unpaired) electrons. The minimum Gasteiger partial charge on any atom is -0.374 e. The van der Waals surface area contributed by atoms with E-state index in [1.807, 2.05) is 44.2 Å². The van der Waals surface area contributed by atoms with Gasteiger partial charge in [0.2, 0.25) is 0 Å². The summed E-state index contributed by atoms with van der Waals surface area (Å²) in [6, 6.07) is 10.0. The Morgan fingerprint density at radius 1 is 1.35 bits per heavy atom. The van der Waals surface area contributed by atoms with Crippen LogP contribution in [-0.2, 0) is 25.6 Å². The molecular formula is C16H22O4. The lowest BCUT2D eigenvalue weighted by Crippen LogP contribution is -2.47. The zero-order chi connectivity index (χ0) is 14.4. The second kappa shape index (κ2) is 6.97. The van der Waals surface area contributed by atoms with Gasteiger partial charge in [-0.3, -0.25) is 0 Å². The Balaban J connectivity index is 1.85. The summed E-state index contributed by atoms with van der Waals surface area (Å²) in [7, 11) is 0. The van der Waals surface area contributed by atoms with Crippen molar-refractivity contribution in [3.8, 4) is 0 Å². The molecule has 0 aliphatic carbocycles. The van der Waals surface area contributed by atoms with E-state index in [0.29, 0.717) is 26.2 Å². The largest absolute Gasteiger partial charge is 0.374 e. The first-order valence-corrected chi connectivity index (χ1v) is 6.98. The van der Waals surface area contributed by atoms with Crippen LogP contribution in [0.2, 0.25) is 0 Å². The predicted octanol–water partition coefficient (Wildman–Crippen LogP) is 2.56. The van der Waals surface area contributed by atoms with E-state index in [-0.39, 0.29) is 12.0 Å². The molecule has 0 unspecified atom stereocenters. The number of aldehydes is 1. The fraction of sp³-hybridized carbons (Fsp3) is 0.562. The Morgan fingerprint density at radius 3 is 2.80 bits per heavy atom. The van der Waals surface area contributed by atoms with Crippen molar-refractivity contribution in [2.24, 2.45) is 5.92 Å². The van der Waals surface area contributed by atoms with Gasteiger partial charge in [-0.2, -0.15) is 0 Å². The van der Waals surface area contributed by atoms with Crippen molar-refractivity contribution in [1.29, 1.82) is 0 Å². The maximum absolute atomic E-state index is 10.7. The van der Waals surface area contributed by atoms with E-state index in [2.05, 4.69) is 0 Å². The molecular weight excluding hydrogens is 256 g/mol. The van der Waals surface area contributed by atoms with E-state index in [0.717, 1.165) is 11.8 Å². The van der Waals surface area contributed by atoms with Gasteiger partial charge in [0.25, 0.3) is 0 Å². The molecule has 1 heterocycles. The molecule has 0 bridgehead atoms. The highest BCUT2D eigenvalue weighted by Crippen LogP contribution is 2.28. The lowest BCUT2D eigenvalue weighted by atomic mass is 9.98. The maximum atomic E-state index is 10.7. The number of rotatable bonds is 6. The van der Waals surface area contributed by atoms with Crippen molar-refractivity contribution in [3.63, 3.8) is 0 Å². The molecule has 1 aromatic rings. The van der Waals surface area contributed by atoms with Crippen LogP contribution in [0.1, 0.15) is 25.8 Å². The summed E-state index contributed by atoms with van der Waals surface area (Å²) >= 11 is 0. The molecule has 4 nitrogen and oxygen atoms in total. The van der Waals surface area contributed by atoms with E-state index < -0.39 is 5.79 Å². The van der Waals surface area contributed by atoms with Gasteiger partial charge in [0, 0.05) is 12.3 Å². The summed E-state index contributed by atoms with van der Waals surface area (Å²) in [5.41, 5.74) is 1.13. The number of carbonyl (C=O) groups excluding carboxylic acids is 1. The summed E-state index contributed by atoms with van der Waals surface area (Å²) in [5.74, 6) is -0.545. The van der Waals surface area contributed by atoms with Crippen LogP contribution in [0.15, 0.2) is 30.3 Å². The average molecular weight is 278 g/mol. The second-order valence-electron chi connectivity index (χ2n) is 5.53. The van der Waals surface area contributed by atoms with Gasteiger partial charge in [0.05, 0.1) is 25.9 Å². The highest BCUT2D eigenvalue weighted by atomic mass is 16.7. The Morgan fingerprint density at radius 2 is 2.10 bits per heavy atom. The number of hydrogen-bond acceptors (Lipinski definition) is 4. The molecule has 2 rings (SSSR count). The summed E-state index contributed by atoms with van der Waals surface area (Å²) in [6.45, 7) is 5.32. The normalized spacial score (nSPS) is 25.3. The Bertz CT molecular complexity index is 416. The molecule has 0 spiro atoms. The summed E-state index contributed by atoms with van der Waals surface area (Å²) < 4.78 is 17.2. The van der Waals surface area contributed by atoms with Crippen molar-refractivity contribution in [2.45, 2.75) is 38.8 Å². The van der Waals surface area contributed by atoms with E-state index in [1.54, 1.807) is 0 Å². The highest BCUT2D eigenvalue weighted by molar-refractivity contribution is 5.49. The smallest absolute Gasteiger partial charge is 0.163 e. The highest BCUT2D eigenvalue weighted by Gasteiger charge is 2.36. The molecule has 1 aliphatic rings. The van der Waals surface area contributed by atoms with Crippen LogP contribution < -0.4 is 0 Å². The van der Waals surface area contributed by atoms with Crippen LogP contribution in [0, 0.1) is 5.92 Å². The van der Waals surface area contributed by atoms with Crippen LogP contribution in [0.4, 0.5) is 0 Å². The predicted molar refractivity (Wildman–Crippen MR) is 75.2 cm³/mol. The summed E-state index contributed by atoms with van der Waals surface area (Å²) in [4.78, 5) is 10.7. The van der Waals surface area contributed by atoms with Gasteiger partial charge in [-0.25, -0.2) is 0 Å². The Labute approximate surface area is 120 Å². The van der Waals surface area contributed by atoms with Crippen molar-refractivity contribution in [1.82, 2.24) is 0 Å². The first-order valence-electron chi connectivity index (χ1n) is 6.98. The minimum atomic E-state index is -0.611. The van der Waals surface area contributed by atoms with E-state index in [9.17, 15) is 4.79 Å². The SMILES string of the molecule is CC1(C)OC[C@H](CC=O)[C@H](COCc2ccccc2)O1. The lowest BCUT2D eigenvalue weighted by Gasteiger charge is -2.40. The molecule has 0 amide bonds. The number of carbonyl (C=O) groups is 1. The van der Waals surface area contributed by atoms with Gasteiger partial charge in [0.1, 0.15) is 6.29 Å². The molecule has 1 fully saturated rings. The fourth-order valence-electron chi connectivity index (χ4n) is 2.29. The van der Waals surface area contributed by atoms with Crippen LogP contribution in [-0.4, -0.2) is 31.4 Å². The van der Waals surface area contributed by atoms with Crippen molar-refractivity contribution in [2.75, 3.05) is 13.2 Å². The van der Waals surface area contributed by atoms with Gasteiger partial charge in [-0.15, -0.1) is 0 Å². The molecule has 0 N–H and O–H groups in total. The molecule has 0 aromatic heterocycles. The zero-order valence-corrected chi connectivity index (χ0v) is 12.1. The van der Waals surface area contributed by atoms with E-state index >= 15 is 0 Å². The third kappa shape index (κ3) is 4.40. The van der Waals surface area contributed by atoms with Gasteiger partial charge in [0.15, 0.2) is 5.79 Å². The van der Waals surface area contributed by atoms with Crippen LogP contribution in [0.5, 0.6) is 0 Å². The molecule has 1 aromatic carbocycles. The first-order chi connectivity index (χ1) is 9.61. The topological polar surface area (TPSA) is 44.8 Å². The monoisotopic (exact) mass is 278 g/mol. The van der Waals surface area contributed by atoms with Gasteiger partial charge in [-0.1, -0.05) is 30.3 Å². The standard InChI is InChI=1S/C16H22O4/c1-16(2)19-11-14(8-9-17)15(20-16)12-18-10-13-6-4-3-5-7-13/h3-7,9,14-15H,8,10-12H2,1-2H3/t14-,15-/m0/s1. The van der Waals surface area contributed by atoms with Crippen molar-refractivity contribution >= 4 is 6.29 Å². The summed E-state index contributed by atoms with van der Waals surface area (Å²) in [5, 5.41) is 0. The average Bonchev–Trinajstić information content (AvgIpc) is 2.43. The Hall–Kier alpha value is -1.23. The second-order valence-corrected chi connectivity index (χ2v) is 5.53. The van der Waals surface area contributed by atoms with Gasteiger partial charge in [-0.05, 0) is 19.4 Å². The number of ether oxygens (including phenoxy) is 3. The molecule has 110 valence electrons. The molecule has 1 saturated heterocycles. The van der Waals surface area contributed by atoms with Crippen LogP contribution in [0.25, 0.3) is 0 Å². The van der Waals surface area contributed by atoms with Crippen molar-refractivity contribution in [3.05, 3.63) is 35.9 Å². The quantitative estimate of drug-likeness (QED) is 0.750. The fourth-order valence-corrected chi connectivity index (χ4v) is 2.29. The first kappa shape index (κ1) is 15.2. The molecule has 0 saturated carbocycles. The number of hydrogen-bond donors (Lipinski definition) is 0. The van der Waals surface area contributed by atoms with Crippen molar-refractivity contribution < 1.29 is 19.0 Å². The van der Waals surface area contributed by atoms with E-state index in [1.165, 1.54) is 0 Å². The third-order valence-corrected chi connectivity index (χ3v) is 3.40. The zero-order valence-electron chi connectivity index (χ0n) is 12.1. The molecule has 4 heteroatoms. The minimum absolute atomic E-state index is 0.0660. The molecule has 20 heavy (non-hydrogen) atoms. The van der Waals surface area contributed by atoms with Crippen LogP contribution >= 0.6 is 0 Å². The summed E-state index contributed by atoms with van der Waals surface area (Å²) in [6.07, 6.45) is 1.25. The molecule has 1 aliphatic heterocycles. The van der Waals surface area contributed by atoms with Gasteiger partial charge >= 0.3 is 0 Å². The van der Waals surface area contributed by atoms with Gasteiger partial charge < -0.3 is 19.0 Å². The third-order valence-electron chi connectivity index (χ3n) is 3.40. The van der Waals surface area contributed by atoms with Crippen LogP contribution in [0.3, 0.4) is 0 Å².